The maximum absolute atomic E-state index is 12.1. The molecule has 0 bridgehead atoms. The van der Waals surface area contributed by atoms with E-state index < -0.39 is 0 Å². The molecule has 0 saturated heterocycles. The Kier molecular flexibility index (Phi) is 4.91. The number of hydrogen-bond acceptors (Lipinski definition) is 2. The third kappa shape index (κ3) is 3.57. The molecular weight excluding hydrogens is 224 g/mol. The molecule has 1 amide bonds. The minimum atomic E-state index is -0.329. The van der Waals surface area contributed by atoms with Gasteiger partial charge in [-0.3, -0.25) is 4.79 Å². The van der Waals surface area contributed by atoms with Crippen molar-refractivity contribution in [3.8, 4) is 0 Å². The Balaban J connectivity index is 2.83. The van der Waals surface area contributed by atoms with Crippen LogP contribution in [-0.2, 0) is 4.79 Å². The van der Waals surface area contributed by atoms with Crippen LogP contribution in [0.25, 0.3) is 0 Å². The highest BCUT2D eigenvalue weighted by molar-refractivity contribution is 5.94. The Bertz CT molecular complexity index is 413. The van der Waals surface area contributed by atoms with Crippen LogP contribution in [0.15, 0.2) is 24.3 Å². The number of benzene rings is 1. The van der Waals surface area contributed by atoms with Gasteiger partial charge < -0.3 is 10.6 Å². The second-order valence-electron chi connectivity index (χ2n) is 5.33. The third-order valence-electron chi connectivity index (χ3n) is 3.58. The largest absolute Gasteiger partial charge is 0.326 e. The number of amides is 1. The van der Waals surface area contributed by atoms with Gasteiger partial charge in [0.25, 0.3) is 0 Å². The smallest absolute Gasteiger partial charge is 0.230 e. The number of carbonyl (C=O) groups excluding carboxylic acids is 1. The minimum absolute atomic E-state index is 0.0688. The zero-order chi connectivity index (χ0) is 13.8. The van der Waals surface area contributed by atoms with Crippen molar-refractivity contribution in [2.75, 3.05) is 12.4 Å². The van der Waals surface area contributed by atoms with E-state index in [9.17, 15) is 4.79 Å². The van der Waals surface area contributed by atoms with Crippen LogP contribution in [0.1, 0.15) is 45.7 Å². The van der Waals surface area contributed by atoms with E-state index in [2.05, 4.69) is 23.6 Å². The molecule has 0 aliphatic rings. The van der Waals surface area contributed by atoms with Crippen molar-refractivity contribution in [1.82, 2.24) is 5.32 Å². The zero-order valence-electron chi connectivity index (χ0n) is 12.0. The molecule has 0 saturated carbocycles. The van der Waals surface area contributed by atoms with Crippen molar-refractivity contribution in [2.45, 2.75) is 40.2 Å². The summed E-state index contributed by atoms with van der Waals surface area (Å²) in [6, 6.07) is 8.25. The Morgan fingerprint density at radius 3 is 2.61 bits per heavy atom. The maximum atomic E-state index is 12.1. The van der Waals surface area contributed by atoms with Crippen LogP contribution in [0.4, 0.5) is 5.69 Å². The summed E-state index contributed by atoms with van der Waals surface area (Å²) in [7, 11) is 1.93. The Morgan fingerprint density at radius 2 is 2.06 bits per heavy atom. The summed E-state index contributed by atoms with van der Waals surface area (Å²) >= 11 is 0. The fourth-order valence-corrected chi connectivity index (χ4v) is 1.51. The van der Waals surface area contributed by atoms with Gasteiger partial charge >= 0.3 is 0 Å². The van der Waals surface area contributed by atoms with Crippen LogP contribution < -0.4 is 10.6 Å². The van der Waals surface area contributed by atoms with Crippen molar-refractivity contribution in [3.63, 3.8) is 0 Å². The van der Waals surface area contributed by atoms with Gasteiger partial charge in [-0.15, -0.1) is 0 Å². The molecule has 1 aromatic rings. The average Bonchev–Trinajstić information content (AvgIpc) is 2.38. The van der Waals surface area contributed by atoms with Gasteiger partial charge in [0.1, 0.15) is 0 Å². The quantitative estimate of drug-likeness (QED) is 0.839. The van der Waals surface area contributed by atoms with E-state index in [0.717, 1.165) is 12.1 Å². The SMILES string of the molecule is CCC(C)(C)C(=O)Nc1cccc(C(C)NC)c1. The van der Waals surface area contributed by atoms with Crippen LogP contribution in [0.3, 0.4) is 0 Å². The van der Waals surface area contributed by atoms with Crippen molar-refractivity contribution < 1.29 is 4.79 Å². The number of carbonyl (C=O) groups is 1. The van der Waals surface area contributed by atoms with Gasteiger partial charge in [0.05, 0.1) is 0 Å². The Labute approximate surface area is 110 Å². The van der Waals surface area contributed by atoms with E-state index in [4.69, 9.17) is 0 Å². The van der Waals surface area contributed by atoms with Crippen LogP contribution in [0.2, 0.25) is 0 Å². The lowest BCUT2D eigenvalue weighted by atomic mass is 9.89. The van der Waals surface area contributed by atoms with Crippen LogP contribution in [0.5, 0.6) is 0 Å². The summed E-state index contributed by atoms with van der Waals surface area (Å²) in [5.74, 6) is 0.0688. The summed E-state index contributed by atoms with van der Waals surface area (Å²) in [5.41, 5.74) is 1.70. The molecule has 1 unspecified atom stereocenters. The van der Waals surface area contributed by atoms with Crippen LogP contribution >= 0.6 is 0 Å². The molecule has 0 heterocycles. The van der Waals surface area contributed by atoms with Crippen molar-refractivity contribution in [3.05, 3.63) is 29.8 Å². The van der Waals surface area contributed by atoms with E-state index in [-0.39, 0.29) is 17.4 Å². The van der Waals surface area contributed by atoms with Gasteiger partial charge in [0.2, 0.25) is 5.91 Å². The lowest BCUT2D eigenvalue weighted by molar-refractivity contribution is -0.124. The van der Waals surface area contributed by atoms with Gasteiger partial charge in [0.15, 0.2) is 0 Å². The summed E-state index contributed by atoms with van der Waals surface area (Å²) in [6.07, 6.45) is 0.825. The van der Waals surface area contributed by atoms with E-state index in [0.29, 0.717) is 0 Å². The first-order valence-electron chi connectivity index (χ1n) is 6.49. The maximum Gasteiger partial charge on any atom is 0.230 e. The predicted molar refractivity (Wildman–Crippen MR) is 76.6 cm³/mol. The molecule has 0 radical (unpaired) electrons. The summed E-state index contributed by atoms with van der Waals surface area (Å²) < 4.78 is 0. The van der Waals surface area contributed by atoms with Gasteiger partial charge in [-0.05, 0) is 38.1 Å². The molecule has 100 valence electrons. The molecule has 0 aliphatic carbocycles. The van der Waals surface area contributed by atoms with Gasteiger partial charge in [-0.2, -0.15) is 0 Å². The van der Waals surface area contributed by atoms with Gasteiger partial charge in [-0.1, -0.05) is 32.9 Å². The molecular formula is C15H24N2O. The number of rotatable bonds is 5. The summed E-state index contributed by atoms with van der Waals surface area (Å²) in [4.78, 5) is 12.1. The Hall–Kier alpha value is -1.35. The molecule has 0 spiro atoms. The molecule has 2 N–H and O–H groups in total. The number of anilines is 1. The molecule has 1 aromatic carbocycles. The minimum Gasteiger partial charge on any atom is -0.326 e. The highest BCUT2D eigenvalue weighted by Crippen LogP contribution is 2.23. The molecule has 3 nitrogen and oxygen atoms in total. The van der Waals surface area contributed by atoms with Crippen molar-refractivity contribution >= 4 is 11.6 Å². The van der Waals surface area contributed by atoms with E-state index in [1.165, 1.54) is 5.56 Å². The highest BCUT2D eigenvalue weighted by Gasteiger charge is 2.25. The molecule has 1 atom stereocenters. The second-order valence-corrected chi connectivity index (χ2v) is 5.33. The van der Waals surface area contributed by atoms with Crippen molar-refractivity contribution in [2.24, 2.45) is 5.41 Å². The topological polar surface area (TPSA) is 41.1 Å². The molecule has 0 aromatic heterocycles. The lowest BCUT2D eigenvalue weighted by Gasteiger charge is -2.22. The molecule has 0 aliphatic heterocycles. The van der Waals surface area contributed by atoms with Crippen molar-refractivity contribution in [1.29, 1.82) is 0 Å². The predicted octanol–water partition coefficient (Wildman–Crippen LogP) is 3.34. The second kappa shape index (κ2) is 6.01. The van der Waals surface area contributed by atoms with Gasteiger partial charge in [0, 0.05) is 17.1 Å². The normalized spacial score (nSPS) is 13.2. The standard InChI is InChI=1S/C15H24N2O/c1-6-15(3,4)14(18)17-13-9-7-8-12(10-13)11(2)16-5/h7-11,16H,6H2,1-5H3,(H,17,18). The molecule has 0 fully saturated rings. The van der Waals surface area contributed by atoms with Gasteiger partial charge in [-0.25, -0.2) is 0 Å². The zero-order valence-corrected chi connectivity index (χ0v) is 12.0. The Morgan fingerprint density at radius 1 is 1.39 bits per heavy atom. The third-order valence-corrected chi connectivity index (χ3v) is 3.58. The molecule has 1 rings (SSSR count). The average molecular weight is 248 g/mol. The molecule has 3 heteroatoms. The number of hydrogen-bond donors (Lipinski definition) is 2. The fraction of sp³-hybridized carbons (Fsp3) is 0.533. The van der Waals surface area contributed by atoms with E-state index in [1.807, 2.05) is 46.0 Å². The summed E-state index contributed by atoms with van der Waals surface area (Å²) in [5, 5.41) is 6.18. The number of nitrogens with one attached hydrogen (secondary N) is 2. The highest BCUT2D eigenvalue weighted by atomic mass is 16.2. The fourth-order valence-electron chi connectivity index (χ4n) is 1.51. The lowest BCUT2D eigenvalue weighted by Crippen LogP contribution is -2.30. The molecule has 18 heavy (non-hydrogen) atoms. The monoisotopic (exact) mass is 248 g/mol. The first-order chi connectivity index (χ1) is 8.40. The first kappa shape index (κ1) is 14.7. The first-order valence-corrected chi connectivity index (χ1v) is 6.49. The van der Waals surface area contributed by atoms with E-state index >= 15 is 0 Å². The van der Waals surface area contributed by atoms with E-state index in [1.54, 1.807) is 0 Å². The van der Waals surface area contributed by atoms with Crippen LogP contribution in [0, 0.1) is 5.41 Å². The van der Waals surface area contributed by atoms with Crippen LogP contribution in [-0.4, -0.2) is 13.0 Å². The summed E-state index contributed by atoms with van der Waals surface area (Å²) in [6.45, 7) is 8.04.